The van der Waals surface area contributed by atoms with Gasteiger partial charge in [0.15, 0.2) is 0 Å². The van der Waals surface area contributed by atoms with Gasteiger partial charge in [0.25, 0.3) is 0 Å². The van der Waals surface area contributed by atoms with Gasteiger partial charge in [0.1, 0.15) is 0 Å². The number of hydrogen-bond acceptors (Lipinski definition) is 6. The van der Waals surface area contributed by atoms with Crippen LogP contribution in [0.5, 0.6) is 0 Å². The molecule has 0 fully saturated rings. The summed E-state index contributed by atoms with van der Waals surface area (Å²) >= 11 is 0. The fraction of sp³-hybridized carbons (Fsp3) is 0. The van der Waals surface area contributed by atoms with Gasteiger partial charge in [0, 0.05) is 67.5 Å². The smallest absolute Gasteiger partial charge is 0.284 e. The van der Waals surface area contributed by atoms with Crippen molar-refractivity contribution in [2.24, 2.45) is 0 Å². The van der Waals surface area contributed by atoms with E-state index in [1.807, 2.05) is 0 Å². The van der Waals surface area contributed by atoms with E-state index in [-0.39, 0.29) is 34.2 Å². The number of carbonyl (C=O) groups is 2. The van der Waals surface area contributed by atoms with Crippen LogP contribution in [0, 0.1) is 0 Å². The summed E-state index contributed by atoms with van der Waals surface area (Å²) < 4.78 is 2.50. The molecule has 0 aliphatic heterocycles. The van der Waals surface area contributed by atoms with Crippen LogP contribution in [0.4, 0.5) is 0 Å². The molecule has 0 unspecified atom stereocenters. The molecule has 10 nitrogen and oxygen atoms in total. The molecule has 10 heteroatoms. The van der Waals surface area contributed by atoms with Gasteiger partial charge in [0.2, 0.25) is 12.4 Å². The Bertz CT molecular complexity index is 1270. The van der Waals surface area contributed by atoms with Gasteiger partial charge in [-0.2, -0.15) is 0 Å². The van der Waals surface area contributed by atoms with Crippen LogP contribution in [0.3, 0.4) is 0 Å². The number of aromatic nitrogens is 4. The van der Waals surface area contributed by atoms with Crippen molar-refractivity contribution in [1.82, 2.24) is 0 Å². The average Bonchev–Trinajstić information content (AvgIpc) is 2.80. The maximum atomic E-state index is 12.9. The lowest BCUT2D eigenvalue weighted by molar-refractivity contribution is -0.919. The molecule has 4 aromatic heterocycles. The van der Waals surface area contributed by atoms with Crippen molar-refractivity contribution in [2.75, 3.05) is 0 Å². The third-order valence-electron chi connectivity index (χ3n) is 4.80. The Labute approximate surface area is 180 Å². The number of Topliss-reactive ketones (excluding diaryl/α,β-unsaturated/α-hetero) is 2. The molecule has 0 amide bonds. The summed E-state index contributed by atoms with van der Waals surface area (Å²) in [5.74, 6) is -2.20. The molecular formula is C22H18N4O6+4. The standard InChI is InChI=1S/C22H18N4O6/c27-21(19-11-5-9-17(25(19)31)15-7-1-3-13-23(15)29)22(28)20-12-6-10-18(26(20)32)16-8-2-4-14-24(16)30/h1-14,29-32H/q+4. The van der Waals surface area contributed by atoms with Crippen molar-refractivity contribution in [3.8, 4) is 22.8 Å². The zero-order valence-electron chi connectivity index (χ0n) is 16.5. The first-order chi connectivity index (χ1) is 15.4. The Morgan fingerprint density at radius 1 is 0.500 bits per heavy atom. The van der Waals surface area contributed by atoms with Crippen molar-refractivity contribution in [3.63, 3.8) is 0 Å². The Morgan fingerprint density at radius 2 is 0.875 bits per heavy atom. The van der Waals surface area contributed by atoms with Crippen LogP contribution in [0.2, 0.25) is 0 Å². The van der Waals surface area contributed by atoms with Crippen molar-refractivity contribution >= 4 is 11.6 Å². The number of carbonyl (C=O) groups excluding carboxylic acids is 2. The molecule has 4 N–H and O–H groups in total. The molecule has 0 saturated carbocycles. The van der Waals surface area contributed by atoms with E-state index in [1.54, 1.807) is 24.3 Å². The highest BCUT2D eigenvalue weighted by molar-refractivity contribution is 6.47. The van der Waals surface area contributed by atoms with E-state index in [2.05, 4.69) is 0 Å². The van der Waals surface area contributed by atoms with Crippen molar-refractivity contribution in [3.05, 3.63) is 96.6 Å². The summed E-state index contributed by atoms with van der Waals surface area (Å²) in [5, 5.41) is 41.1. The predicted octanol–water partition coefficient (Wildman–Crippen LogP) is 0.185. The van der Waals surface area contributed by atoms with Crippen LogP contribution in [0.1, 0.15) is 21.0 Å². The molecule has 0 aromatic carbocycles. The molecule has 0 aliphatic carbocycles. The summed E-state index contributed by atoms with van der Waals surface area (Å²) in [6.07, 6.45) is 2.68. The number of ketones is 2. The molecule has 0 spiro atoms. The van der Waals surface area contributed by atoms with Gasteiger partial charge in [-0.05, 0) is 24.3 Å². The first kappa shape index (κ1) is 20.4. The van der Waals surface area contributed by atoms with Crippen LogP contribution >= 0.6 is 0 Å². The normalized spacial score (nSPS) is 10.6. The lowest BCUT2D eigenvalue weighted by Gasteiger charge is -2.00. The summed E-state index contributed by atoms with van der Waals surface area (Å²) in [6, 6.07) is 17.7. The molecule has 4 heterocycles. The monoisotopic (exact) mass is 434 g/mol. The fourth-order valence-corrected chi connectivity index (χ4v) is 3.24. The van der Waals surface area contributed by atoms with E-state index in [1.165, 1.54) is 60.9 Å². The second-order valence-corrected chi connectivity index (χ2v) is 6.74. The van der Waals surface area contributed by atoms with Gasteiger partial charge in [-0.3, -0.25) is 30.4 Å². The number of hydrogen-bond donors (Lipinski definition) is 4. The number of nitrogens with zero attached hydrogens (tertiary/aromatic N) is 4. The number of pyridine rings is 4. The Hall–Kier alpha value is -4.86. The van der Waals surface area contributed by atoms with E-state index in [9.17, 15) is 30.4 Å². The van der Waals surface area contributed by atoms with E-state index in [0.29, 0.717) is 9.46 Å². The second-order valence-electron chi connectivity index (χ2n) is 6.74. The highest BCUT2D eigenvalue weighted by Gasteiger charge is 2.39. The maximum absolute atomic E-state index is 12.9. The Morgan fingerprint density at radius 3 is 1.25 bits per heavy atom. The molecule has 4 aromatic rings. The van der Waals surface area contributed by atoms with Gasteiger partial charge in [-0.15, -0.1) is 0 Å². The minimum absolute atomic E-state index is 0.0583. The van der Waals surface area contributed by atoms with E-state index < -0.39 is 11.6 Å². The van der Waals surface area contributed by atoms with Gasteiger partial charge >= 0.3 is 45.7 Å². The van der Waals surface area contributed by atoms with Gasteiger partial charge in [0.05, 0.1) is 0 Å². The Balaban J connectivity index is 1.76. The first-order valence-corrected chi connectivity index (χ1v) is 9.38. The van der Waals surface area contributed by atoms with Crippen LogP contribution in [0.15, 0.2) is 85.2 Å². The summed E-state index contributed by atoms with van der Waals surface area (Å²) in [4.78, 5) is 25.8. The van der Waals surface area contributed by atoms with Crippen LogP contribution in [-0.4, -0.2) is 32.4 Å². The third kappa shape index (κ3) is 3.45. The average molecular weight is 434 g/mol. The SMILES string of the molecule is O=C(C(=O)c1cccc(-c2cccc[n+]2O)[n+]1O)c1cccc(-c2cccc[n+]2O)[n+]1O. The second kappa shape index (κ2) is 8.11. The van der Waals surface area contributed by atoms with Gasteiger partial charge in [-0.1, -0.05) is 0 Å². The molecule has 0 atom stereocenters. The van der Waals surface area contributed by atoms with E-state index >= 15 is 0 Å². The zero-order valence-corrected chi connectivity index (χ0v) is 16.5. The molecule has 158 valence electrons. The molecule has 4 rings (SSSR count). The quantitative estimate of drug-likeness (QED) is 0.154. The molecular weight excluding hydrogens is 416 g/mol. The molecule has 0 radical (unpaired) electrons. The van der Waals surface area contributed by atoms with Gasteiger partial charge in [-0.25, -0.2) is 0 Å². The van der Waals surface area contributed by atoms with E-state index in [4.69, 9.17) is 0 Å². The van der Waals surface area contributed by atoms with Crippen molar-refractivity contribution in [2.45, 2.75) is 0 Å². The predicted molar refractivity (Wildman–Crippen MR) is 102 cm³/mol. The van der Waals surface area contributed by atoms with Crippen LogP contribution in [-0.2, 0) is 0 Å². The van der Waals surface area contributed by atoms with Crippen LogP contribution in [0.25, 0.3) is 22.8 Å². The molecule has 0 aliphatic rings. The third-order valence-corrected chi connectivity index (χ3v) is 4.80. The first-order valence-electron chi connectivity index (χ1n) is 9.38. The number of rotatable bonds is 5. The highest BCUT2D eigenvalue weighted by Crippen LogP contribution is 2.13. The topological polar surface area (TPSA) is 131 Å². The zero-order chi connectivity index (χ0) is 22.8. The van der Waals surface area contributed by atoms with Crippen molar-refractivity contribution in [1.29, 1.82) is 0 Å². The maximum Gasteiger partial charge on any atom is 0.333 e. The molecule has 0 saturated heterocycles. The highest BCUT2D eigenvalue weighted by atomic mass is 16.5. The largest absolute Gasteiger partial charge is 0.333 e. The summed E-state index contributed by atoms with van der Waals surface area (Å²) in [5.41, 5.74) is -0.288. The lowest BCUT2D eigenvalue weighted by Crippen LogP contribution is -2.48. The lowest BCUT2D eigenvalue weighted by atomic mass is 10.1. The van der Waals surface area contributed by atoms with E-state index in [0.717, 1.165) is 9.46 Å². The van der Waals surface area contributed by atoms with Gasteiger partial charge < -0.3 is 0 Å². The van der Waals surface area contributed by atoms with Crippen LogP contribution < -0.4 is 18.9 Å². The molecule has 0 bridgehead atoms. The Kier molecular flexibility index (Phi) is 5.17. The fourth-order valence-electron chi connectivity index (χ4n) is 3.24. The minimum Gasteiger partial charge on any atom is -0.284 e. The summed E-state index contributed by atoms with van der Waals surface area (Å²) in [6.45, 7) is 0. The summed E-state index contributed by atoms with van der Waals surface area (Å²) in [7, 11) is 0. The van der Waals surface area contributed by atoms with Crippen molar-refractivity contribution < 1.29 is 49.3 Å². The molecule has 32 heavy (non-hydrogen) atoms. The minimum atomic E-state index is -1.10.